The van der Waals surface area contributed by atoms with Crippen molar-refractivity contribution >= 4 is 33.4 Å². The Kier molecular flexibility index (Phi) is 8.63. The highest BCUT2D eigenvalue weighted by Gasteiger charge is 2.23. The highest BCUT2D eigenvalue weighted by Crippen LogP contribution is 2.18. The second-order valence-electron chi connectivity index (χ2n) is 7.98. The molecule has 0 radical (unpaired) electrons. The van der Waals surface area contributed by atoms with E-state index in [2.05, 4.69) is 39.1 Å². The third-order valence-electron chi connectivity index (χ3n) is 5.57. The second kappa shape index (κ2) is 11.4. The van der Waals surface area contributed by atoms with Crippen molar-refractivity contribution in [3.8, 4) is 0 Å². The van der Waals surface area contributed by atoms with Gasteiger partial charge in [0.1, 0.15) is 0 Å². The van der Waals surface area contributed by atoms with E-state index in [0.29, 0.717) is 45.8 Å². The summed E-state index contributed by atoms with van der Waals surface area (Å²) in [4.78, 5) is 31.2. The van der Waals surface area contributed by atoms with Crippen LogP contribution in [0.4, 0.5) is 5.69 Å². The predicted molar refractivity (Wildman–Crippen MR) is 128 cm³/mol. The summed E-state index contributed by atoms with van der Waals surface area (Å²) in [5.74, 6) is 0.129. The minimum atomic E-state index is -0.00570. The summed E-state index contributed by atoms with van der Waals surface area (Å²) in [6.45, 7) is 6.26. The number of nitrogens with one attached hydrogen (secondary N) is 1. The van der Waals surface area contributed by atoms with Crippen molar-refractivity contribution in [1.82, 2.24) is 14.7 Å². The zero-order chi connectivity index (χ0) is 22.2. The van der Waals surface area contributed by atoms with E-state index in [4.69, 9.17) is 0 Å². The summed E-state index contributed by atoms with van der Waals surface area (Å²) < 4.78 is 1.06. The van der Waals surface area contributed by atoms with Gasteiger partial charge in [0.25, 0.3) is 0 Å². The first-order valence-electron chi connectivity index (χ1n) is 10.8. The van der Waals surface area contributed by atoms with Gasteiger partial charge in [-0.15, -0.1) is 0 Å². The molecular weight excluding hydrogens is 456 g/mol. The number of rotatable bonds is 8. The van der Waals surface area contributed by atoms with Gasteiger partial charge in [-0.2, -0.15) is 0 Å². The van der Waals surface area contributed by atoms with E-state index < -0.39 is 0 Å². The van der Waals surface area contributed by atoms with E-state index in [0.717, 1.165) is 22.1 Å². The Morgan fingerprint density at radius 1 is 1.00 bits per heavy atom. The number of benzene rings is 2. The van der Waals surface area contributed by atoms with Crippen molar-refractivity contribution in [1.29, 1.82) is 0 Å². The summed E-state index contributed by atoms with van der Waals surface area (Å²) in [6, 6.07) is 16.0. The number of hydrogen-bond donors (Lipinski definition) is 1. The van der Waals surface area contributed by atoms with Crippen molar-refractivity contribution in [2.75, 3.05) is 51.6 Å². The van der Waals surface area contributed by atoms with Crippen LogP contribution in [-0.4, -0.2) is 72.8 Å². The van der Waals surface area contributed by atoms with Crippen LogP contribution in [0.2, 0.25) is 0 Å². The Morgan fingerprint density at radius 3 is 2.32 bits per heavy atom. The van der Waals surface area contributed by atoms with Crippen molar-refractivity contribution in [3.05, 3.63) is 64.1 Å². The highest BCUT2D eigenvalue weighted by atomic mass is 79.9. The first-order chi connectivity index (χ1) is 15.0. The minimum absolute atomic E-state index is 0.00570. The zero-order valence-corrected chi connectivity index (χ0v) is 19.9. The predicted octanol–water partition coefficient (Wildman–Crippen LogP) is 3.23. The van der Waals surface area contributed by atoms with E-state index in [-0.39, 0.29) is 11.8 Å². The van der Waals surface area contributed by atoms with Crippen molar-refractivity contribution in [3.63, 3.8) is 0 Å². The van der Waals surface area contributed by atoms with E-state index in [9.17, 15) is 9.59 Å². The van der Waals surface area contributed by atoms with Crippen LogP contribution >= 0.6 is 15.9 Å². The van der Waals surface area contributed by atoms with Gasteiger partial charge in [0.15, 0.2) is 0 Å². The molecule has 0 saturated carbocycles. The molecule has 2 aromatic carbocycles. The molecule has 7 heteroatoms. The Morgan fingerprint density at radius 2 is 1.65 bits per heavy atom. The molecular formula is C24H31BrN4O2. The molecule has 1 fully saturated rings. The first-order valence-corrected chi connectivity index (χ1v) is 11.6. The summed E-state index contributed by atoms with van der Waals surface area (Å²) in [7, 11) is 1.96. The number of likely N-dealkylation sites (N-methyl/N-ethyl adjacent to an activating group) is 1. The number of amides is 2. The van der Waals surface area contributed by atoms with Gasteiger partial charge in [-0.1, -0.05) is 59.3 Å². The molecule has 166 valence electrons. The van der Waals surface area contributed by atoms with Crippen LogP contribution in [0.3, 0.4) is 0 Å². The molecule has 0 aliphatic carbocycles. The molecule has 6 nitrogen and oxygen atoms in total. The highest BCUT2D eigenvalue weighted by molar-refractivity contribution is 9.10. The topological polar surface area (TPSA) is 55.9 Å². The van der Waals surface area contributed by atoms with Gasteiger partial charge in [-0.05, 0) is 36.7 Å². The zero-order valence-electron chi connectivity index (χ0n) is 18.3. The largest absolute Gasteiger partial charge is 0.339 e. The number of halogens is 1. The molecule has 1 N–H and O–H groups in total. The van der Waals surface area contributed by atoms with Gasteiger partial charge in [-0.3, -0.25) is 19.4 Å². The Bertz CT molecular complexity index is 897. The fourth-order valence-corrected chi connectivity index (χ4v) is 4.21. The smallest absolute Gasteiger partial charge is 0.238 e. The van der Waals surface area contributed by atoms with Gasteiger partial charge < -0.3 is 10.2 Å². The molecule has 1 aliphatic rings. The quantitative estimate of drug-likeness (QED) is 0.622. The molecule has 2 amide bonds. The maximum atomic E-state index is 12.7. The maximum absolute atomic E-state index is 12.7. The lowest BCUT2D eigenvalue weighted by Crippen LogP contribution is -2.52. The van der Waals surface area contributed by atoms with E-state index >= 15 is 0 Å². The number of anilines is 1. The van der Waals surface area contributed by atoms with Crippen LogP contribution in [0.1, 0.15) is 18.1 Å². The van der Waals surface area contributed by atoms with Crippen LogP contribution in [0.15, 0.2) is 53.0 Å². The minimum Gasteiger partial charge on any atom is -0.339 e. The molecule has 0 unspecified atom stereocenters. The molecule has 2 aromatic rings. The Labute approximate surface area is 193 Å². The maximum Gasteiger partial charge on any atom is 0.238 e. The molecule has 0 bridgehead atoms. The van der Waals surface area contributed by atoms with Gasteiger partial charge in [-0.25, -0.2) is 0 Å². The molecule has 0 aromatic heterocycles. The monoisotopic (exact) mass is 486 g/mol. The molecule has 1 saturated heterocycles. The number of hydrogen-bond acceptors (Lipinski definition) is 4. The summed E-state index contributed by atoms with van der Waals surface area (Å²) in [5.41, 5.74) is 3.19. The lowest BCUT2D eigenvalue weighted by atomic mass is 10.1. The summed E-state index contributed by atoms with van der Waals surface area (Å²) >= 11 is 3.56. The van der Waals surface area contributed by atoms with E-state index in [1.165, 1.54) is 5.56 Å². The van der Waals surface area contributed by atoms with E-state index in [1.807, 2.05) is 59.3 Å². The van der Waals surface area contributed by atoms with Gasteiger partial charge >= 0.3 is 0 Å². The van der Waals surface area contributed by atoms with E-state index in [1.54, 1.807) is 0 Å². The fourth-order valence-electron chi connectivity index (χ4n) is 3.80. The number of carbonyl (C=O) groups is 2. The molecule has 3 rings (SSSR count). The van der Waals surface area contributed by atoms with Crippen LogP contribution < -0.4 is 5.32 Å². The van der Waals surface area contributed by atoms with Crippen molar-refractivity contribution in [2.24, 2.45) is 0 Å². The molecule has 0 atom stereocenters. The molecule has 1 heterocycles. The van der Waals surface area contributed by atoms with Gasteiger partial charge in [0.05, 0.1) is 13.1 Å². The molecule has 31 heavy (non-hydrogen) atoms. The van der Waals surface area contributed by atoms with Crippen molar-refractivity contribution in [2.45, 2.75) is 19.9 Å². The normalized spacial score (nSPS) is 14.6. The van der Waals surface area contributed by atoms with Gasteiger partial charge in [0.2, 0.25) is 11.8 Å². The fraction of sp³-hybridized carbons (Fsp3) is 0.417. The molecule has 1 aliphatic heterocycles. The number of carbonyl (C=O) groups excluding carboxylic acids is 2. The Balaban J connectivity index is 1.42. The van der Waals surface area contributed by atoms with Crippen LogP contribution in [0.25, 0.3) is 0 Å². The number of nitrogens with zero attached hydrogens (tertiary/aromatic N) is 3. The van der Waals surface area contributed by atoms with Crippen LogP contribution in [0, 0.1) is 0 Å². The average molecular weight is 487 g/mol. The Hall–Kier alpha value is -2.22. The lowest BCUT2D eigenvalue weighted by molar-refractivity contribution is -0.134. The standard InChI is InChI=1S/C24H31BrN4O2/c1-3-19-8-5-7-11-22(19)26-23(30)17-28-12-14-29(15-13-28)24(31)18-27(2)16-20-9-4-6-10-21(20)25/h4-11H,3,12-18H2,1-2H3,(H,26,30). The first kappa shape index (κ1) is 23.4. The second-order valence-corrected chi connectivity index (χ2v) is 8.83. The average Bonchev–Trinajstić information content (AvgIpc) is 2.76. The number of para-hydroxylation sites is 1. The SMILES string of the molecule is CCc1ccccc1NC(=O)CN1CCN(C(=O)CN(C)Cc2ccccc2Br)CC1. The van der Waals surface area contributed by atoms with Crippen molar-refractivity contribution < 1.29 is 9.59 Å². The number of aryl methyl sites for hydroxylation is 1. The van der Waals surface area contributed by atoms with Crippen LogP contribution in [-0.2, 0) is 22.6 Å². The van der Waals surface area contributed by atoms with Crippen LogP contribution in [0.5, 0.6) is 0 Å². The summed E-state index contributed by atoms with van der Waals surface area (Å²) in [5, 5.41) is 3.02. The summed E-state index contributed by atoms with van der Waals surface area (Å²) in [6.07, 6.45) is 0.882. The lowest BCUT2D eigenvalue weighted by Gasteiger charge is -2.35. The third kappa shape index (κ3) is 6.89. The molecule has 0 spiro atoms. The third-order valence-corrected chi connectivity index (χ3v) is 6.34. The number of piperazine rings is 1. The van der Waals surface area contributed by atoms with Gasteiger partial charge in [0, 0.05) is 42.9 Å².